The Labute approximate surface area is 194 Å². The number of benzene rings is 2. The van der Waals surface area contributed by atoms with Crippen molar-refractivity contribution in [2.24, 2.45) is 0 Å². The fraction of sp³-hybridized carbons (Fsp3) is 0.440. The average molecular weight is 455 g/mol. The Balaban J connectivity index is 1.37. The molecule has 0 unspecified atom stereocenters. The van der Waals surface area contributed by atoms with E-state index in [2.05, 4.69) is 4.90 Å². The van der Waals surface area contributed by atoms with Crippen LogP contribution < -0.4 is 9.47 Å². The van der Waals surface area contributed by atoms with E-state index in [1.807, 2.05) is 17.0 Å². The topological polar surface area (TPSA) is 77.5 Å². The Morgan fingerprint density at radius 1 is 1.00 bits per heavy atom. The van der Waals surface area contributed by atoms with Gasteiger partial charge < -0.3 is 23.8 Å². The Morgan fingerprint density at radius 2 is 1.70 bits per heavy atom. The van der Waals surface area contributed by atoms with Gasteiger partial charge >= 0.3 is 5.97 Å². The number of nitrogens with zero attached hydrogens (tertiary/aromatic N) is 2. The normalized spacial score (nSPS) is 15.9. The van der Waals surface area contributed by atoms with Gasteiger partial charge in [-0.25, -0.2) is 4.79 Å². The van der Waals surface area contributed by atoms with Gasteiger partial charge in [0.2, 0.25) is 6.79 Å². The molecule has 8 heteroatoms. The lowest BCUT2D eigenvalue weighted by molar-refractivity contribution is 0.0477. The minimum atomic E-state index is -0.328. The van der Waals surface area contributed by atoms with Gasteiger partial charge in [-0.05, 0) is 48.7 Å². The van der Waals surface area contributed by atoms with Gasteiger partial charge in [0.15, 0.2) is 11.5 Å². The molecule has 2 aliphatic heterocycles. The minimum Gasteiger partial charge on any atom is -0.465 e. The molecule has 2 aromatic carbocycles. The third-order valence-corrected chi connectivity index (χ3v) is 6.20. The molecule has 4 rings (SSSR count). The number of hydrogen-bond acceptors (Lipinski definition) is 7. The molecule has 33 heavy (non-hydrogen) atoms. The molecule has 0 aliphatic carbocycles. The Kier molecular flexibility index (Phi) is 7.47. The maximum atomic E-state index is 13.4. The van der Waals surface area contributed by atoms with Gasteiger partial charge in [-0.2, -0.15) is 0 Å². The lowest BCUT2D eigenvalue weighted by atomic mass is 10.0. The number of carbonyl (C=O) groups is 2. The Hall–Kier alpha value is -3.10. The zero-order valence-electron chi connectivity index (χ0n) is 19.1. The maximum absolute atomic E-state index is 13.4. The molecule has 0 N–H and O–H groups in total. The lowest BCUT2D eigenvalue weighted by Gasteiger charge is -2.38. The molecule has 8 nitrogen and oxygen atoms in total. The van der Waals surface area contributed by atoms with E-state index >= 15 is 0 Å². The molecule has 2 aliphatic rings. The van der Waals surface area contributed by atoms with Crippen molar-refractivity contribution in [3.63, 3.8) is 0 Å². The van der Waals surface area contributed by atoms with Crippen molar-refractivity contribution in [3.8, 4) is 11.5 Å². The molecule has 176 valence electrons. The van der Waals surface area contributed by atoms with Gasteiger partial charge in [-0.3, -0.25) is 9.69 Å². The third kappa shape index (κ3) is 5.46. The molecular weight excluding hydrogens is 424 g/mol. The van der Waals surface area contributed by atoms with Crippen LogP contribution in [0.1, 0.15) is 39.1 Å². The van der Waals surface area contributed by atoms with Crippen molar-refractivity contribution in [1.29, 1.82) is 0 Å². The molecule has 0 atom stereocenters. The number of amides is 1. The fourth-order valence-corrected chi connectivity index (χ4v) is 4.35. The van der Waals surface area contributed by atoms with Gasteiger partial charge in [-0.1, -0.05) is 12.1 Å². The zero-order valence-corrected chi connectivity index (χ0v) is 19.1. The number of esters is 1. The molecule has 1 saturated heterocycles. The van der Waals surface area contributed by atoms with Gasteiger partial charge in [0.1, 0.15) is 0 Å². The molecule has 0 radical (unpaired) electrons. The number of fused-ring (bicyclic) bond motifs is 1. The van der Waals surface area contributed by atoms with E-state index in [-0.39, 0.29) is 24.7 Å². The summed E-state index contributed by atoms with van der Waals surface area (Å²) >= 11 is 0. The van der Waals surface area contributed by atoms with Crippen molar-refractivity contribution in [2.75, 3.05) is 47.3 Å². The van der Waals surface area contributed by atoms with Crippen molar-refractivity contribution in [1.82, 2.24) is 9.80 Å². The number of likely N-dealkylation sites (tertiary alicyclic amines) is 1. The molecule has 0 bridgehead atoms. The zero-order chi connectivity index (χ0) is 23.2. The van der Waals surface area contributed by atoms with Crippen LogP contribution in [-0.2, 0) is 16.0 Å². The van der Waals surface area contributed by atoms with Crippen LogP contribution in [-0.4, -0.2) is 75.0 Å². The van der Waals surface area contributed by atoms with E-state index in [0.29, 0.717) is 35.8 Å². The molecule has 2 heterocycles. The summed E-state index contributed by atoms with van der Waals surface area (Å²) in [6, 6.07) is 13.0. The van der Waals surface area contributed by atoms with Gasteiger partial charge in [0.25, 0.3) is 5.91 Å². The molecule has 0 aromatic heterocycles. The first-order chi connectivity index (χ1) is 16.1. The number of carbonyl (C=O) groups excluding carboxylic acids is 2. The van der Waals surface area contributed by atoms with Gasteiger partial charge in [0.05, 0.1) is 19.3 Å². The van der Waals surface area contributed by atoms with E-state index in [4.69, 9.17) is 18.9 Å². The highest BCUT2D eigenvalue weighted by Gasteiger charge is 2.29. The first-order valence-electron chi connectivity index (χ1n) is 11.2. The van der Waals surface area contributed by atoms with E-state index in [1.165, 1.54) is 7.11 Å². The summed E-state index contributed by atoms with van der Waals surface area (Å²) in [5.41, 5.74) is 2.30. The highest BCUT2D eigenvalue weighted by molar-refractivity contribution is 5.95. The number of rotatable bonds is 8. The van der Waals surface area contributed by atoms with E-state index in [1.54, 1.807) is 37.4 Å². The third-order valence-electron chi connectivity index (χ3n) is 6.20. The Bertz CT molecular complexity index is 969. The predicted octanol–water partition coefficient (Wildman–Crippen LogP) is 2.96. The monoisotopic (exact) mass is 454 g/mol. The molecule has 1 fully saturated rings. The summed E-state index contributed by atoms with van der Waals surface area (Å²) in [5, 5.41) is 0. The van der Waals surface area contributed by atoms with Crippen LogP contribution >= 0.6 is 0 Å². The summed E-state index contributed by atoms with van der Waals surface area (Å²) in [5.74, 6) is 0.941. The summed E-state index contributed by atoms with van der Waals surface area (Å²) < 4.78 is 20.8. The minimum absolute atomic E-state index is 0.0119. The molecule has 0 spiro atoms. The molecular formula is C25H30N2O6. The second kappa shape index (κ2) is 10.7. The summed E-state index contributed by atoms with van der Waals surface area (Å²) in [6.07, 6.45) is 1.78. The van der Waals surface area contributed by atoms with E-state index in [0.717, 1.165) is 38.0 Å². The van der Waals surface area contributed by atoms with Crippen LogP contribution in [0.3, 0.4) is 0 Å². The smallest absolute Gasteiger partial charge is 0.337 e. The van der Waals surface area contributed by atoms with Gasteiger partial charge in [-0.15, -0.1) is 0 Å². The van der Waals surface area contributed by atoms with Crippen molar-refractivity contribution >= 4 is 11.9 Å². The van der Waals surface area contributed by atoms with Crippen LogP contribution in [0.2, 0.25) is 0 Å². The number of methoxy groups -OCH3 is 2. The number of hydrogen-bond donors (Lipinski definition) is 0. The van der Waals surface area contributed by atoms with Gasteiger partial charge in [0, 0.05) is 44.9 Å². The highest BCUT2D eigenvalue weighted by Crippen LogP contribution is 2.33. The van der Waals surface area contributed by atoms with E-state index in [9.17, 15) is 9.59 Å². The van der Waals surface area contributed by atoms with Crippen molar-refractivity contribution in [3.05, 3.63) is 59.2 Å². The standard InChI is InChI=1S/C25H30N2O6/c1-30-14-13-27(24(28)20-7-8-22-23(15-20)33-17-32-22)21-9-11-26(12-10-21)16-18-3-5-19(6-4-18)25(29)31-2/h3-8,15,21H,9-14,16-17H2,1-2H3. The molecule has 2 aromatic rings. The number of piperidine rings is 1. The SMILES string of the molecule is COCCN(C(=O)c1ccc2c(c1)OCO2)C1CCN(Cc2ccc(C(=O)OC)cc2)CC1. The highest BCUT2D eigenvalue weighted by atomic mass is 16.7. The van der Waals surface area contributed by atoms with Crippen LogP contribution in [0.5, 0.6) is 11.5 Å². The summed E-state index contributed by atoms with van der Waals surface area (Å²) in [4.78, 5) is 29.3. The van der Waals surface area contributed by atoms with Crippen LogP contribution in [0.25, 0.3) is 0 Å². The maximum Gasteiger partial charge on any atom is 0.337 e. The average Bonchev–Trinajstić information content (AvgIpc) is 3.33. The predicted molar refractivity (Wildman–Crippen MR) is 122 cm³/mol. The number of ether oxygens (including phenoxy) is 4. The molecule has 1 amide bonds. The Morgan fingerprint density at radius 3 is 2.39 bits per heavy atom. The lowest BCUT2D eigenvalue weighted by Crippen LogP contribution is -2.48. The quantitative estimate of drug-likeness (QED) is 0.568. The van der Waals surface area contributed by atoms with E-state index < -0.39 is 0 Å². The van der Waals surface area contributed by atoms with Crippen LogP contribution in [0.15, 0.2) is 42.5 Å². The second-order valence-corrected chi connectivity index (χ2v) is 8.26. The summed E-state index contributed by atoms with van der Waals surface area (Å²) in [7, 11) is 3.03. The second-order valence-electron chi connectivity index (χ2n) is 8.26. The van der Waals surface area contributed by atoms with Crippen LogP contribution in [0.4, 0.5) is 0 Å². The molecule has 0 saturated carbocycles. The van der Waals surface area contributed by atoms with Crippen molar-refractivity contribution in [2.45, 2.75) is 25.4 Å². The fourth-order valence-electron chi connectivity index (χ4n) is 4.35. The first kappa shape index (κ1) is 23.1. The largest absolute Gasteiger partial charge is 0.465 e. The van der Waals surface area contributed by atoms with Crippen molar-refractivity contribution < 1.29 is 28.5 Å². The summed E-state index contributed by atoms with van der Waals surface area (Å²) in [6.45, 7) is 3.81. The van der Waals surface area contributed by atoms with Crippen LogP contribution in [0, 0.1) is 0 Å². The first-order valence-corrected chi connectivity index (χ1v) is 11.2.